The summed E-state index contributed by atoms with van der Waals surface area (Å²) < 4.78 is 39.0. The number of rotatable bonds is 3. The highest BCUT2D eigenvalue weighted by atomic mass is 35.5. The lowest BCUT2D eigenvalue weighted by Gasteiger charge is -2.16. The van der Waals surface area contributed by atoms with Gasteiger partial charge in [-0.25, -0.2) is 0 Å². The smallest absolute Gasteiger partial charge is 0.359 e. The van der Waals surface area contributed by atoms with Crippen LogP contribution in [-0.4, -0.2) is 20.6 Å². The molecule has 11 heteroatoms. The Bertz CT molecular complexity index is 793. The number of alkyl halides is 3. The zero-order valence-corrected chi connectivity index (χ0v) is 12.8. The van der Waals surface area contributed by atoms with E-state index in [-0.39, 0.29) is 32.7 Å². The number of H-pyrrole nitrogens is 1. The Labute approximate surface area is 137 Å². The third-order valence-corrected chi connectivity index (χ3v) is 3.64. The molecule has 2 N–H and O–H groups in total. The molecule has 23 heavy (non-hydrogen) atoms. The molecule has 120 valence electrons. The van der Waals surface area contributed by atoms with Crippen LogP contribution in [0.2, 0.25) is 10.0 Å². The second kappa shape index (κ2) is 6.44. The third kappa shape index (κ3) is 3.55. The molecule has 2 aromatic rings. The Morgan fingerprint density at radius 1 is 1.43 bits per heavy atom. The first-order valence-corrected chi connectivity index (χ1v) is 6.67. The summed E-state index contributed by atoms with van der Waals surface area (Å²) >= 11 is 11.7. The molecule has 0 spiro atoms. The van der Waals surface area contributed by atoms with Crippen LogP contribution in [0, 0.1) is 18.3 Å². The Kier molecular flexibility index (Phi) is 4.77. The lowest BCUT2D eigenvalue weighted by atomic mass is 10.1. The molecular formula is C12H7Cl2F3N6. The van der Waals surface area contributed by atoms with Gasteiger partial charge < -0.3 is 5.32 Å². The standard InChI is InChI=1S/C12H7Cl2F3N6/c1-5-7(12(15,16)17)2-8(13)9(14)10(5)19-4-6(3-18)11-20-22-23-21-11/h2,4,19H,1H3,(H,20,21,22,23). The van der Waals surface area contributed by atoms with Gasteiger partial charge in [-0.1, -0.05) is 23.2 Å². The van der Waals surface area contributed by atoms with Gasteiger partial charge in [0.25, 0.3) is 0 Å². The van der Waals surface area contributed by atoms with Gasteiger partial charge in [-0.2, -0.15) is 23.6 Å². The second-order valence-electron chi connectivity index (χ2n) is 4.27. The fourth-order valence-corrected chi connectivity index (χ4v) is 2.20. The molecule has 0 bridgehead atoms. The Morgan fingerprint density at radius 2 is 2.13 bits per heavy atom. The molecule has 0 fully saturated rings. The van der Waals surface area contributed by atoms with E-state index in [1.54, 1.807) is 6.07 Å². The van der Waals surface area contributed by atoms with Crippen molar-refractivity contribution in [3.05, 3.63) is 39.3 Å². The molecule has 0 radical (unpaired) electrons. The van der Waals surface area contributed by atoms with Crippen molar-refractivity contribution in [1.82, 2.24) is 20.6 Å². The minimum atomic E-state index is -4.59. The Balaban J connectivity index is 2.48. The largest absolute Gasteiger partial charge is 0.416 e. The van der Waals surface area contributed by atoms with Gasteiger partial charge in [0.15, 0.2) is 0 Å². The first-order chi connectivity index (χ1) is 10.8. The molecule has 0 aliphatic rings. The molecule has 0 amide bonds. The maximum absolute atomic E-state index is 13.0. The number of hydrogen-bond acceptors (Lipinski definition) is 5. The summed E-state index contributed by atoms with van der Waals surface area (Å²) in [5, 5.41) is 23.9. The van der Waals surface area contributed by atoms with Crippen LogP contribution in [0.5, 0.6) is 0 Å². The van der Waals surface area contributed by atoms with Crippen molar-refractivity contribution in [2.75, 3.05) is 5.32 Å². The van der Waals surface area contributed by atoms with Crippen molar-refractivity contribution in [3.8, 4) is 6.07 Å². The number of anilines is 1. The summed E-state index contributed by atoms with van der Waals surface area (Å²) in [6, 6.07) is 2.54. The van der Waals surface area contributed by atoms with E-state index in [4.69, 9.17) is 28.5 Å². The third-order valence-electron chi connectivity index (χ3n) is 2.85. The van der Waals surface area contributed by atoms with Crippen LogP contribution in [-0.2, 0) is 6.18 Å². The minimum Gasteiger partial charge on any atom is -0.359 e. The monoisotopic (exact) mass is 362 g/mol. The van der Waals surface area contributed by atoms with E-state index in [1.807, 2.05) is 0 Å². The number of allylic oxidation sites excluding steroid dienone is 1. The van der Waals surface area contributed by atoms with Gasteiger partial charge in [0.2, 0.25) is 5.82 Å². The van der Waals surface area contributed by atoms with Crippen molar-refractivity contribution >= 4 is 34.5 Å². The number of nitriles is 1. The summed E-state index contributed by atoms with van der Waals surface area (Å²) in [6.45, 7) is 1.24. The molecule has 0 aliphatic heterocycles. The lowest BCUT2D eigenvalue weighted by Crippen LogP contribution is -2.09. The molecule has 0 saturated carbocycles. The first-order valence-electron chi connectivity index (χ1n) is 5.92. The minimum absolute atomic E-state index is 0.0214. The topological polar surface area (TPSA) is 90.3 Å². The SMILES string of the molecule is Cc1c(C(F)(F)F)cc(Cl)c(Cl)c1NC=C(C#N)c1nn[nH]n1. The van der Waals surface area contributed by atoms with Gasteiger partial charge in [-0.05, 0) is 23.8 Å². The first kappa shape index (κ1) is 17.1. The number of aromatic nitrogens is 4. The van der Waals surface area contributed by atoms with Crippen molar-refractivity contribution in [1.29, 1.82) is 5.26 Å². The molecule has 1 aromatic heterocycles. The van der Waals surface area contributed by atoms with Crippen LogP contribution in [0.15, 0.2) is 12.3 Å². The molecule has 0 atom stereocenters. The quantitative estimate of drug-likeness (QED) is 0.810. The number of nitrogens with one attached hydrogen (secondary N) is 2. The number of hydrogen-bond donors (Lipinski definition) is 2. The van der Waals surface area contributed by atoms with Gasteiger partial charge in [-0.15, -0.1) is 10.2 Å². The summed E-state index contributed by atoms with van der Waals surface area (Å²) in [5.74, 6) is -0.0214. The van der Waals surface area contributed by atoms with Gasteiger partial charge in [0.05, 0.1) is 21.3 Å². The summed E-state index contributed by atoms with van der Waals surface area (Å²) in [7, 11) is 0. The van der Waals surface area contributed by atoms with E-state index in [9.17, 15) is 13.2 Å². The predicted octanol–water partition coefficient (Wildman–Crippen LogP) is 3.81. The van der Waals surface area contributed by atoms with Gasteiger partial charge in [-0.3, -0.25) is 0 Å². The highest BCUT2D eigenvalue weighted by Crippen LogP contribution is 2.42. The van der Waals surface area contributed by atoms with Crippen LogP contribution in [0.4, 0.5) is 18.9 Å². The molecule has 0 unspecified atom stereocenters. The predicted molar refractivity (Wildman–Crippen MR) is 77.6 cm³/mol. The molecule has 1 heterocycles. The fraction of sp³-hybridized carbons (Fsp3) is 0.167. The van der Waals surface area contributed by atoms with E-state index in [1.165, 1.54) is 6.92 Å². The number of benzene rings is 1. The maximum Gasteiger partial charge on any atom is 0.416 e. The zero-order valence-electron chi connectivity index (χ0n) is 11.3. The number of tetrazole rings is 1. The van der Waals surface area contributed by atoms with Crippen LogP contribution < -0.4 is 5.32 Å². The Morgan fingerprint density at radius 3 is 2.65 bits per heavy atom. The second-order valence-corrected chi connectivity index (χ2v) is 5.05. The van der Waals surface area contributed by atoms with Crippen molar-refractivity contribution in [2.45, 2.75) is 13.1 Å². The maximum atomic E-state index is 13.0. The molecule has 2 rings (SSSR count). The number of halogens is 5. The number of aromatic amines is 1. The van der Waals surface area contributed by atoms with Crippen LogP contribution in [0.1, 0.15) is 17.0 Å². The van der Waals surface area contributed by atoms with Gasteiger partial charge in [0.1, 0.15) is 11.6 Å². The summed E-state index contributed by atoms with van der Waals surface area (Å²) in [5.41, 5.74) is -1.21. The lowest BCUT2D eigenvalue weighted by molar-refractivity contribution is -0.138. The molecule has 1 aromatic carbocycles. The van der Waals surface area contributed by atoms with E-state index in [0.717, 1.165) is 12.3 Å². The van der Waals surface area contributed by atoms with E-state index < -0.39 is 11.7 Å². The van der Waals surface area contributed by atoms with Crippen LogP contribution in [0.25, 0.3) is 5.57 Å². The normalized spacial score (nSPS) is 12.1. The average molecular weight is 363 g/mol. The van der Waals surface area contributed by atoms with Crippen molar-refractivity contribution < 1.29 is 13.2 Å². The zero-order chi connectivity index (χ0) is 17.2. The molecule has 0 saturated heterocycles. The molecule has 6 nitrogen and oxygen atoms in total. The molecule has 0 aliphatic carbocycles. The van der Waals surface area contributed by atoms with Crippen molar-refractivity contribution in [2.24, 2.45) is 0 Å². The molecular weight excluding hydrogens is 356 g/mol. The summed E-state index contributed by atoms with van der Waals surface area (Å²) in [4.78, 5) is 0. The van der Waals surface area contributed by atoms with Gasteiger partial charge in [0, 0.05) is 6.20 Å². The highest BCUT2D eigenvalue weighted by Gasteiger charge is 2.34. The Hall–Kier alpha value is -2.31. The fourth-order valence-electron chi connectivity index (χ4n) is 1.75. The average Bonchev–Trinajstić information content (AvgIpc) is 2.99. The van der Waals surface area contributed by atoms with Gasteiger partial charge >= 0.3 is 6.18 Å². The highest BCUT2D eigenvalue weighted by molar-refractivity contribution is 6.44. The number of nitrogens with zero attached hydrogens (tertiary/aromatic N) is 4. The van der Waals surface area contributed by atoms with Crippen LogP contribution >= 0.6 is 23.2 Å². The van der Waals surface area contributed by atoms with Crippen LogP contribution in [0.3, 0.4) is 0 Å². The van der Waals surface area contributed by atoms with Crippen molar-refractivity contribution in [3.63, 3.8) is 0 Å². The van der Waals surface area contributed by atoms with E-state index in [0.29, 0.717) is 0 Å². The summed E-state index contributed by atoms with van der Waals surface area (Å²) in [6.07, 6.45) is -3.47. The van der Waals surface area contributed by atoms with E-state index >= 15 is 0 Å². The van der Waals surface area contributed by atoms with E-state index in [2.05, 4.69) is 25.9 Å².